The Kier molecular flexibility index (Phi) is 2.41. The molecule has 2 rings (SSSR count). The molecule has 1 aromatic rings. The Morgan fingerprint density at radius 3 is 3.20 bits per heavy atom. The molecule has 1 unspecified atom stereocenters. The molecule has 1 heterocycles. The zero-order chi connectivity index (χ0) is 10.8. The molecule has 0 bridgehead atoms. The third kappa shape index (κ3) is 1.83. The standard InChI is InChI=1S/C11H12N2O2/c12-9(11(14)15)6-8-4-3-7-2-1-5-13-10(7)8/h1-2,5-6,8H,3-4,12H2,(H,14,15)/b9-6+. The average molecular weight is 204 g/mol. The van der Waals surface area contributed by atoms with Gasteiger partial charge in [0.05, 0.1) is 5.69 Å². The van der Waals surface area contributed by atoms with Crippen molar-refractivity contribution in [1.29, 1.82) is 0 Å². The molecule has 4 nitrogen and oxygen atoms in total. The van der Waals surface area contributed by atoms with Crippen LogP contribution in [-0.4, -0.2) is 16.1 Å². The lowest BCUT2D eigenvalue weighted by Gasteiger charge is -2.04. The first-order chi connectivity index (χ1) is 7.18. The molecule has 0 saturated carbocycles. The van der Waals surface area contributed by atoms with Crippen LogP contribution in [-0.2, 0) is 11.2 Å². The van der Waals surface area contributed by atoms with Crippen molar-refractivity contribution in [1.82, 2.24) is 4.98 Å². The molecule has 0 amide bonds. The molecule has 4 heteroatoms. The molecule has 1 atom stereocenters. The van der Waals surface area contributed by atoms with Gasteiger partial charge < -0.3 is 10.8 Å². The van der Waals surface area contributed by atoms with Crippen LogP contribution in [0.15, 0.2) is 30.1 Å². The van der Waals surface area contributed by atoms with E-state index >= 15 is 0 Å². The third-order valence-corrected chi connectivity index (χ3v) is 2.63. The zero-order valence-electron chi connectivity index (χ0n) is 8.18. The van der Waals surface area contributed by atoms with Gasteiger partial charge in [0.25, 0.3) is 0 Å². The largest absolute Gasteiger partial charge is 0.477 e. The van der Waals surface area contributed by atoms with Crippen LogP contribution in [0.1, 0.15) is 23.6 Å². The number of fused-ring (bicyclic) bond motifs is 1. The minimum Gasteiger partial charge on any atom is -0.477 e. The first-order valence-corrected chi connectivity index (χ1v) is 4.83. The number of aromatic nitrogens is 1. The van der Waals surface area contributed by atoms with E-state index in [0.717, 1.165) is 18.5 Å². The molecule has 1 aliphatic carbocycles. The van der Waals surface area contributed by atoms with Crippen molar-refractivity contribution in [2.24, 2.45) is 5.73 Å². The normalized spacial score (nSPS) is 20.0. The highest BCUT2D eigenvalue weighted by atomic mass is 16.4. The maximum absolute atomic E-state index is 10.6. The van der Waals surface area contributed by atoms with Crippen LogP contribution in [0, 0.1) is 0 Å². The van der Waals surface area contributed by atoms with E-state index in [2.05, 4.69) is 4.98 Å². The second-order valence-electron chi connectivity index (χ2n) is 3.62. The summed E-state index contributed by atoms with van der Waals surface area (Å²) in [4.78, 5) is 14.8. The second-order valence-corrected chi connectivity index (χ2v) is 3.62. The Morgan fingerprint density at radius 1 is 1.67 bits per heavy atom. The lowest BCUT2D eigenvalue weighted by Crippen LogP contribution is -2.11. The number of rotatable bonds is 2. The first kappa shape index (κ1) is 9.71. The molecule has 0 radical (unpaired) electrons. The molecule has 1 aliphatic rings. The number of pyridine rings is 1. The summed E-state index contributed by atoms with van der Waals surface area (Å²) in [7, 11) is 0. The summed E-state index contributed by atoms with van der Waals surface area (Å²) in [6, 6.07) is 3.92. The van der Waals surface area contributed by atoms with Gasteiger partial charge in [-0.2, -0.15) is 0 Å². The number of hydrogen-bond acceptors (Lipinski definition) is 3. The van der Waals surface area contributed by atoms with Gasteiger partial charge in [0.2, 0.25) is 0 Å². The minimum absolute atomic E-state index is 0.0531. The molecular weight excluding hydrogens is 192 g/mol. The van der Waals surface area contributed by atoms with E-state index in [0.29, 0.717) is 0 Å². The van der Waals surface area contributed by atoms with Crippen LogP contribution in [0.2, 0.25) is 0 Å². The van der Waals surface area contributed by atoms with Gasteiger partial charge in [-0.3, -0.25) is 4.98 Å². The van der Waals surface area contributed by atoms with E-state index in [1.165, 1.54) is 5.56 Å². The van der Waals surface area contributed by atoms with Crippen molar-refractivity contribution in [3.05, 3.63) is 41.4 Å². The van der Waals surface area contributed by atoms with E-state index in [4.69, 9.17) is 10.8 Å². The monoisotopic (exact) mass is 204 g/mol. The number of nitrogens with zero attached hydrogens (tertiary/aromatic N) is 1. The van der Waals surface area contributed by atoms with Gasteiger partial charge in [-0.15, -0.1) is 0 Å². The quantitative estimate of drug-likeness (QED) is 0.706. The van der Waals surface area contributed by atoms with Crippen LogP contribution in [0.25, 0.3) is 0 Å². The average Bonchev–Trinajstić information content (AvgIpc) is 2.62. The minimum atomic E-state index is -1.07. The molecule has 0 aromatic carbocycles. The van der Waals surface area contributed by atoms with Crippen molar-refractivity contribution in [3.8, 4) is 0 Å². The Hall–Kier alpha value is -1.84. The highest BCUT2D eigenvalue weighted by Crippen LogP contribution is 2.32. The summed E-state index contributed by atoms with van der Waals surface area (Å²) in [5, 5.41) is 8.68. The number of hydrogen-bond donors (Lipinski definition) is 2. The van der Waals surface area contributed by atoms with Crippen molar-refractivity contribution in [2.45, 2.75) is 18.8 Å². The topological polar surface area (TPSA) is 76.2 Å². The molecule has 3 N–H and O–H groups in total. The fourth-order valence-corrected chi connectivity index (χ4v) is 1.89. The summed E-state index contributed by atoms with van der Waals surface area (Å²) in [6.07, 6.45) is 5.14. The smallest absolute Gasteiger partial charge is 0.351 e. The molecular formula is C11H12N2O2. The van der Waals surface area contributed by atoms with E-state index in [1.807, 2.05) is 12.1 Å². The van der Waals surface area contributed by atoms with E-state index in [-0.39, 0.29) is 11.6 Å². The molecule has 78 valence electrons. The molecule has 0 aliphatic heterocycles. The van der Waals surface area contributed by atoms with E-state index in [9.17, 15) is 4.79 Å². The third-order valence-electron chi connectivity index (χ3n) is 2.63. The molecule has 1 aromatic heterocycles. The number of nitrogens with two attached hydrogens (primary N) is 1. The van der Waals surface area contributed by atoms with Gasteiger partial charge in [0.1, 0.15) is 5.70 Å². The maximum atomic E-state index is 10.6. The number of carboxylic acids is 1. The maximum Gasteiger partial charge on any atom is 0.351 e. The molecule has 0 fully saturated rings. The Morgan fingerprint density at radius 2 is 2.47 bits per heavy atom. The molecule has 15 heavy (non-hydrogen) atoms. The summed E-state index contributed by atoms with van der Waals surface area (Å²) < 4.78 is 0. The van der Waals surface area contributed by atoms with Crippen LogP contribution in [0.3, 0.4) is 0 Å². The highest BCUT2D eigenvalue weighted by molar-refractivity contribution is 5.85. The van der Waals surface area contributed by atoms with Crippen LogP contribution in [0.5, 0.6) is 0 Å². The zero-order valence-corrected chi connectivity index (χ0v) is 8.18. The summed E-state index contributed by atoms with van der Waals surface area (Å²) in [5.41, 5.74) is 7.44. The molecule has 0 saturated heterocycles. The molecule has 0 spiro atoms. The fraction of sp³-hybridized carbons (Fsp3) is 0.273. The van der Waals surface area contributed by atoms with Crippen LogP contribution < -0.4 is 5.73 Å². The van der Waals surface area contributed by atoms with Gasteiger partial charge in [-0.25, -0.2) is 4.79 Å². The lowest BCUT2D eigenvalue weighted by atomic mass is 10.1. The van der Waals surface area contributed by atoms with Gasteiger partial charge >= 0.3 is 5.97 Å². The number of allylic oxidation sites excluding steroid dienone is 1. The lowest BCUT2D eigenvalue weighted by molar-refractivity contribution is -0.132. The van der Waals surface area contributed by atoms with Gasteiger partial charge in [-0.05, 0) is 30.5 Å². The fourth-order valence-electron chi connectivity index (χ4n) is 1.89. The number of carboxylic acid groups (broad SMARTS) is 1. The van der Waals surface area contributed by atoms with Gasteiger partial charge in [-0.1, -0.05) is 6.07 Å². The second kappa shape index (κ2) is 3.73. The van der Waals surface area contributed by atoms with Crippen LogP contribution in [0.4, 0.5) is 0 Å². The van der Waals surface area contributed by atoms with Gasteiger partial charge in [0, 0.05) is 12.1 Å². The Labute approximate surface area is 87.4 Å². The predicted octanol–water partition coefficient (Wildman–Crippen LogP) is 1.04. The predicted molar refractivity (Wildman–Crippen MR) is 55.2 cm³/mol. The summed E-state index contributed by atoms with van der Waals surface area (Å²) >= 11 is 0. The van der Waals surface area contributed by atoms with Crippen molar-refractivity contribution in [3.63, 3.8) is 0 Å². The summed E-state index contributed by atoms with van der Waals surface area (Å²) in [6.45, 7) is 0. The van der Waals surface area contributed by atoms with Gasteiger partial charge in [0.15, 0.2) is 0 Å². The number of aryl methyl sites for hydroxylation is 1. The SMILES string of the molecule is N/C(=C/C1CCc2cccnc21)C(=O)O. The Balaban J connectivity index is 2.28. The highest BCUT2D eigenvalue weighted by Gasteiger charge is 2.22. The van der Waals surface area contributed by atoms with Crippen molar-refractivity contribution in [2.75, 3.05) is 0 Å². The summed E-state index contributed by atoms with van der Waals surface area (Å²) in [5.74, 6) is -1.02. The van der Waals surface area contributed by atoms with Crippen LogP contribution >= 0.6 is 0 Å². The van der Waals surface area contributed by atoms with Crippen molar-refractivity contribution < 1.29 is 9.90 Å². The van der Waals surface area contributed by atoms with E-state index in [1.54, 1.807) is 12.3 Å². The van der Waals surface area contributed by atoms with Crippen molar-refractivity contribution >= 4 is 5.97 Å². The Bertz CT molecular complexity index is 426. The number of aliphatic carboxylic acids is 1. The van der Waals surface area contributed by atoms with E-state index < -0.39 is 5.97 Å². The first-order valence-electron chi connectivity index (χ1n) is 4.83. The number of carbonyl (C=O) groups is 1.